The zero-order valence-electron chi connectivity index (χ0n) is 12.5. The first-order valence-electron chi connectivity index (χ1n) is 7.08. The first-order chi connectivity index (χ1) is 10.7. The number of rotatable bonds is 4. The van der Waals surface area contributed by atoms with Gasteiger partial charge >= 0.3 is 11.8 Å². The fourth-order valence-electron chi connectivity index (χ4n) is 2.46. The number of likely N-dealkylation sites (tertiary alicyclic amines) is 1. The van der Waals surface area contributed by atoms with Gasteiger partial charge in [-0.25, -0.2) is 0 Å². The van der Waals surface area contributed by atoms with Gasteiger partial charge in [-0.15, -0.1) is 0 Å². The average Bonchev–Trinajstić information content (AvgIpc) is 3.25. The summed E-state index contributed by atoms with van der Waals surface area (Å²) in [5, 5.41) is 3.88. The second-order valence-electron chi connectivity index (χ2n) is 4.99. The fourth-order valence-corrected chi connectivity index (χ4v) is 2.46. The van der Waals surface area contributed by atoms with Crippen LogP contribution in [0.1, 0.15) is 23.5 Å². The van der Waals surface area contributed by atoms with Gasteiger partial charge in [0.05, 0.1) is 14.2 Å². The van der Waals surface area contributed by atoms with E-state index in [2.05, 4.69) is 10.1 Å². The Morgan fingerprint density at radius 1 is 1.18 bits per heavy atom. The molecular formula is C15H17N3O4. The van der Waals surface area contributed by atoms with E-state index in [4.69, 9.17) is 14.0 Å². The van der Waals surface area contributed by atoms with Crippen LogP contribution < -0.4 is 9.47 Å². The normalized spacial score (nSPS) is 14.2. The maximum absolute atomic E-state index is 12.2. The molecule has 0 radical (unpaired) electrons. The Kier molecular flexibility index (Phi) is 3.95. The lowest BCUT2D eigenvalue weighted by atomic mass is 10.2. The molecule has 0 N–H and O–H groups in total. The summed E-state index contributed by atoms with van der Waals surface area (Å²) in [6.07, 6.45) is 2.03. The molecule has 2 aromatic rings. The summed E-state index contributed by atoms with van der Waals surface area (Å²) in [4.78, 5) is 18.1. The third kappa shape index (κ3) is 2.61. The van der Waals surface area contributed by atoms with E-state index >= 15 is 0 Å². The number of ether oxygens (including phenoxy) is 2. The predicted octanol–water partition coefficient (Wildman–Crippen LogP) is 1.99. The van der Waals surface area contributed by atoms with Gasteiger partial charge in [-0.3, -0.25) is 4.79 Å². The van der Waals surface area contributed by atoms with Crippen molar-refractivity contribution in [3.8, 4) is 22.9 Å². The van der Waals surface area contributed by atoms with Crippen molar-refractivity contribution >= 4 is 5.91 Å². The van der Waals surface area contributed by atoms with Crippen molar-refractivity contribution in [3.05, 3.63) is 24.1 Å². The number of nitrogens with zero attached hydrogens (tertiary/aromatic N) is 3. The Balaban J connectivity index is 1.85. The number of aromatic nitrogens is 2. The second-order valence-corrected chi connectivity index (χ2v) is 4.99. The highest BCUT2D eigenvalue weighted by molar-refractivity contribution is 5.90. The molecule has 1 amide bonds. The predicted molar refractivity (Wildman–Crippen MR) is 78.0 cm³/mol. The van der Waals surface area contributed by atoms with Gasteiger partial charge in [-0.1, -0.05) is 5.16 Å². The number of carbonyl (C=O) groups excluding carboxylic acids is 1. The lowest BCUT2D eigenvalue weighted by Gasteiger charge is -2.11. The third-order valence-corrected chi connectivity index (χ3v) is 3.64. The molecule has 7 heteroatoms. The molecule has 1 aromatic heterocycles. The van der Waals surface area contributed by atoms with Gasteiger partial charge in [-0.05, 0) is 31.0 Å². The van der Waals surface area contributed by atoms with Gasteiger partial charge in [-0.2, -0.15) is 4.98 Å². The lowest BCUT2D eigenvalue weighted by Crippen LogP contribution is -2.27. The molecular weight excluding hydrogens is 286 g/mol. The van der Waals surface area contributed by atoms with Gasteiger partial charge < -0.3 is 18.9 Å². The summed E-state index contributed by atoms with van der Waals surface area (Å²) in [6, 6.07) is 5.29. The molecule has 0 spiro atoms. The van der Waals surface area contributed by atoms with Gasteiger partial charge in [0.15, 0.2) is 11.5 Å². The molecule has 1 aliphatic rings. The van der Waals surface area contributed by atoms with E-state index in [0.29, 0.717) is 22.9 Å². The Bertz CT molecular complexity index is 677. The Hall–Kier alpha value is -2.57. The number of hydrogen-bond donors (Lipinski definition) is 0. The molecule has 0 saturated carbocycles. The molecule has 1 aromatic carbocycles. The minimum Gasteiger partial charge on any atom is -0.493 e. The van der Waals surface area contributed by atoms with Crippen molar-refractivity contribution in [2.75, 3.05) is 27.3 Å². The van der Waals surface area contributed by atoms with Crippen LogP contribution in [0.3, 0.4) is 0 Å². The monoisotopic (exact) mass is 303 g/mol. The van der Waals surface area contributed by atoms with Crippen LogP contribution in [0.25, 0.3) is 11.4 Å². The molecule has 7 nitrogen and oxygen atoms in total. The summed E-state index contributed by atoms with van der Waals surface area (Å²) in [6.45, 7) is 1.49. The van der Waals surface area contributed by atoms with Crippen molar-refractivity contribution in [1.29, 1.82) is 0 Å². The van der Waals surface area contributed by atoms with E-state index in [1.807, 2.05) is 0 Å². The maximum atomic E-state index is 12.2. The zero-order valence-corrected chi connectivity index (χ0v) is 12.5. The van der Waals surface area contributed by atoms with Gasteiger partial charge in [0.1, 0.15) is 0 Å². The van der Waals surface area contributed by atoms with E-state index < -0.39 is 0 Å². The summed E-state index contributed by atoms with van der Waals surface area (Å²) in [7, 11) is 3.12. The minimum absolute atomic E-state index is 0.0201. The first-order valence-corrected chi connectivity index (χ1v) is 7.08. The van der Waals surface area contributed by atoms with Crippen LogP contribution in [0, 0.1) is 0 Å². The van der Waals surface area contributed by atoms with Crippen molar-refractivity contribution in [2.24, 2.45) is 0 Å². The Morgan fingerprint density at radius 3 is 2.59 bits per heavy atom. The van der Waals surface area contributed by atoms with Crippen molar-refractivity contribution in [3.63, 3.8) is 0 Å². The van der Waals surface area contributed by atoms with Crippen LogP contribution in [-0.4, -0.2) is 48.3 Å². The molecule has 0 bridgehead atoms. The van der Waals surface area contributed by atoms with Crippen LogP contribution in [0.4, 0.5) is 0 Å². The van der Waals surface area contributed by atoms with Crippen LogP contribution in [0.5, 0.6) is 11.5 Å². The third-order valence-electron chi connectivity index (χ3n) is 3.64. The topological polar surface area (TPSA) is 77.7 Å². The van der Waals surface area contributed by atoms with Crippen LogP contribution in [-0.2, 0) is 0 Å². The van der Waals surface area contributed by atoms with E-state index in [-0.39, 0.29) is 11.8 Å². The Morgan fingerprint density at radius 2 is 1.91 bits per heavy atom. The van der Waals surface area contributed by atoms with Crippen LogP contribution in [0.15, 0.2) is 22.7 Å². The van der Waals surface area contributed by atoms with E-state index in [1.165, 1.54) is 0 Å². The largest absolute Gasteiger partial charge is 0.493 e. The number of carbonyl (C=O) groups is 1. The molecule has 0 aliphatic carbocycles. The molecule has 0 atom stereocenters. The average molecular weight is 303 g/mol. The Labute approximate surface area is 127 Å². The highest BCUT2D eigenvalue weighted by Gasteiger charge is 2.25. The molecule has 1 aliphatic heterocycles. The first kappa shape index (κ1) is 14.4. The van der Waals surface area contributed by atoms with Gasteiger partial charge in [0.25, 0.3) is 0 Å². The van der Waals surface area contributed by atoms with Gasteiger partial charge in [0.2, 0.25) is 5.82 Å². The summed E-state index contributed by atoms with van der Waals surface area (Å²) in [5.41, 5.74) is 0.696. The minimum atomic E-state index is -0.211. The molecule has 0 unspecified atom stereocenters. The SMILES string of the molecule is COc1ccc(-c2noc(C(=O)N3CCCC3)n2)cc1OC. The van der Waals surface area contributed by atoms with E-state index in [9.17, 15) is 4.79 Å². The zero-order chi connectivity index (χ0) is 15.5. The maximum Gasteiger partial charge on any atom is 0.316 e. The van der Waals surface area contributed by atoms with Crippen molar-refractivity contribution in [1.82, 2.24) is 15.0 Å². The lowest BCUT2D eigenvalue weighted by molar-refractivity contribution is 0.0743. The highest BCUT2D eigenvalue weighted by Crippen LogP contribution is 2.31. The smallest absolute Gasteiger partial charge is 0.316 e. The van der Waals surface area contributed by atoms with Crippen molar-refractivity contribution in [2.45, 2.75) is 12.8 Å². The number of amides is 1. The molecule has 1 saturated heterocycles. The van der Waals surface area contributed by atoms with Gasteiger partial charge in [0, 0.05) is 18.7 Å². The molecule has 116 valence electrons. The summed E-state index contributed by atoms with van der Waals surface area (Å²) in [5.74, 6) is 1.34. The van der Waals surface area contributed by atoms with Crippen LogP contribution >= 0.6 is 0 Å². The molecule has 2 heterocycles. The summed E-state index contributed by atoms with van der Waals surface area (Å²) < 4.78 is 15.5. The molecule has 3 rings (SSSR count). The number of benzene rings is 1. The van der Waals surface area contributed by atoms with E-state index in [0.717, 1.165) is 25.9 Å². The molecule has 1 fully saturated rings. The number of hydrogen-bond acceptors (Lipinski definition) is 6. The quantitative estimate of drug-likeness (QED) is 0.859. The van der Waals surface area contributed by atoms with Crippen LogP contribution in [0.2, 0.25) is 0 Å². The van der Waals surface area contributed by atoms with Crippen molar-refractivity contribution < 1.29 is 18.8 Å². The van der Waals surface area contributed by atoms with E-state index in [1.54, 1.807) is 37.3 Å². The second kappa shape index (κ2) is 6.05. The highest BCUT2D eigenvalue weighted by atomic mass is 16.5. The standard InChI is InChI=1S/C15H17N3O4/c1-20-11-6-5-10(9-12(11)21-2)13-16-14(22-17-13)15(19)18-7-3-4-8-18/h5-6,9H,3-4,7-8H2,1-2H3. The fraction of sp³-hybridized carbons (Fsp3) is 0.400. The molecule has 22 heavy (non-hydrogen) atoms. The number of methoxy groups -OCH3 is 2. The summed E-state index contributed by atoms with van der Waals surface area (Å²) >= 11 is 0.